The van der Waals surface area contributed by atoms with Gasteiger partial charge in [0.1, 0.15) is 19.5 Å². The number of rotatable bonds is 12. The van der Waals surface area contributed by atoms with Crippen LogP contribution in [0.25, 0.3) is 0 Å². The molecule has 0 spiro atoms. The van der Waals surface area contributed by atoms with Crippen LogP contribution in [0.15, 0.2) is 78.9 Å². The highest BCUT2D eigenvalue weighted by Gasteiger charge is 2.09. The molecule has 0 saturated carbocycles. The molecule has 3 aromatic rings. The van der Waals surface area contributed by atoms with Crippen LogP contribution in [0.3, 0.4) is 0 Å². The van der Waals surface area contributed by atoms with E-state index >= 15 is 0 Å². The first kappa shape index (κ1) is 23.9. The second-order valence-corrected chi connectivity index (χ2v) is 7.82. The number of carbonyl (C=O) groups is 3. The largest absolute Gasteiger partial charge is 0.461 e. The number of esters is 2. The van der Waals surface area contributed by atoms with Crippen LogP contribution in [-0.2, 0) is 56.3 Å². The molecule has 3 aromatic carbocycles. The van der Waals surface area contributed by atoms with Crippen LogP contribution in [0, 0.1) is 0 Å². The zero-order chi connectivity index (χ0) is 23.3. The fourth-order valence-electron chi connectivity index (χ4n) is 3.46. The van der Waals surface area contributed by atoms with Crippen molar-refractivity contribution in [3.63, 3.8) is 0 Å². The van der Waals surface area contributed by atoms with Crippen molar-refractivity contribution in [3.05, 3.63) is 107 Å². The maximum atomic E-state index is 12.1. The van der Waals surface area contributed by atoms with E-state index in [1.165, 1.54) is 0 Å². The molecule has 33 heavy (non-hydrogen) atoms. The Morgan fingerprint density at radius 2 is 1.03 bits per heavy atom. The summed E-state index contributed by atoms with van der Waals surface area (Å²) in [5, 5.41) is 0. The lowest BCUT2D eigenvalue weighted by molar-refractivity contribution is -0.145. The Kier molecular flexibility index (Phi) is 9.40. The SMILES string of the molecule is O=CCc1cc(CCC(=O)OCc2ccccc2)cc(CCC(=O)OCc2ccccc2)c1. The number of benzene rings is 3. The van der Waals surface area contributed by atoms with Gasteiger partial charge in [-0.05, 0) is 40.7 Å². The number of carbonyl (C=O) groups excluding carboxylic acids is 3. The van der Waals surface area contributed by atoms with Gasteiger partial charge in [-0.1, -0.05) is 78.9 Å². The van der Waals surface area contributed by atoms with Gasteiger partial charge in [-0.25, -0.2) is 0 Å². The topological polar surface area (TPSA) is 69.7 Å². The van der Waals surface area contributed by atoms with E-state index in [1.54, 1.807) is 0 Å². The summed E-state index contributed by atoms with van der Waals surface area (Å²) in [7, 11) is 0. The van der Waals surface area contributed by atoms with Crippen LogP contribution in [0.4, 0.5) is 0 Å². The molecule has 0 aliphatic heterocycles. The summed E-state index contributed by atoms with van der Waals surface area (Å²) < 4.78 is 10.7. The molecular weight excluding hydrogens is 416 g/mol. The second-order valence-electron chi connectivity index (χ2n) is 7.82. The predicted octanol–water partition coefficient (Wildman–Crippen LogP) is 4.78. The molecule has 0 radical (unpaired) electrons. The Balaban J connectivity index is 1.50. The van der Waals surface area contributed by atoms with Crippen molar-refractivity contribution >= 4 is 18.2 Å². The third-order valence-corrected chi connectivity index (χ3v) is 5.15. The van der Waals surface area contributed by atoms with E-state index in [2.05, 4.69) is 0 Å². The van der Waals surface area contributed by atoms with Crippen LogP contribution < -0.4 is 0 Å². The standard InChI is InChI=1S/C28H28O5/c29-16-15-26-18-24(11-13-27(30)32-20-22-7-3-1-4-8-22)17-25(19-26)12-14-28(31)33-21-23-9-5-2-6-10-23/h1-10,16-19H,11-15,20-21H2. The lowest BCUT2D eigenvalue weighted by atomic mass is 9.98. The Morgan fingerprint density at radius 1 is 0.606 bits per heavy atom. The third kappa shape index (κ3) is 8.73. The highest BCUT2D eigenvalue weighted by molar-refractivity contribution is 5.70. The van der Waals surface area contributed by atoms with Gasteiger partial charge in [0.25, 0.3) is 0 Å². The molecule has 0 fully saturated rings. The molecule has 0 unspecified atom stereocenters. The van der Waals surface area contributed by atoms with E-state index in [0.29, 0.717) is 12.8 Å². The fourth-order valence-corrected chi connectivity index (χ4v) is 3.46. The first-order valence-electron chi connectivity index (χ1n) is 11.1. The van der Waals surface area contributed by atoms with Crippen molar-refractivity contribution in [2.75, 3.05) is 0 Å². The van der Waals surface area contributed by atoms with E-state index in [4.69, 9.17) is 9.47 Å². The number of hydrogen-bond acceptors (Lipinski definition) is 5. The molecule has 5 heteroatoms. The summed E-state index contributed by atoms with van der Waals surface area (Å²) in [6, 6.07) is 24.9. The zero-order valence-corrected chi connectivity index (χ0v) is 18.6. The van der Waals surface area contributed by atoms with Crippen LogP contribution in [0.5, 0.6) is 0 Å². The Hall–Kier alpha value is -3.73. The lowest BCUT2D eigenvalue weighted by Crippen LogP contribution is -2.08. The number of aryl methyl sites for hydroxylation is 2. The van der Waals surface area contributed by atoms with E-state index < -0.39 is 0 Å². The first-order chi connectivity index (χ1) is 16.1. The second kappa shape index (κ2) is 13.0. The van der Waals surface area contributed by atoms with Crippen molar-refractivity contribution in [2.45, 2.75) is 45.3 Å². The molecule has 0 aromatic heterocycles. The number of aldehydes is 1. The lowest BCUT2D eigenvalue weighted by Gasteiger charge is -2.10. The monoisotopic (exact) mass is 444 g/mol. The van der Waals surface area contributed by atoms with Crippen LogP contribution in [0.2, 0.25) is 0 Å². The molecular formula is C28H28O5. The first-order valence-corrected chi connectivity index (χ1v) is 11.1. The number of hydrogen-bond donors (Lipinski definition) is 0. The maximum Gasteiger partial charge on any atom is 0.306 e. The minimum atomic E-state index is -0.273. The van der Waals surface area contributed by atoms with Gasteiger partial charge in [0, 0.05) is 19.3 Å². The van der Waals surface area contributed by atoms with E-state index in [1.807, 2.05) is 78.9 Å². The molecule has 0 amide bonds. The average molecular weight is 445 g/mol. The van der Waals surface area contributed by atoms with Gasteiger partial charge in [-0.3, -0.25) is 9.59 Å². The molecule has 0 saturated heterocycles. The molecule has 0 heterocycles. The molecule has 3 rings (SSSR count). The van der Waals surface area contributed by atoms with Gasteiger partial charge in [0.05, 0.1) is 0 Å². The van der Waals surface area contributed by atoms with Gasteiger partial charge in [-0.2, -0.15) is 0 Å². The Labute approximate surface area is 194 Å². The quantitative estimate of drug-likeness (QED) is 0.297. The molecule has 5 nitrogen and oxygen atoms in total. The summed E-state index contributed by atoms with van der Waals surface area (Å²) in [4.78, 5) is 35.3. The average Bonchev–Trinajstić information content (AvgIpc) is 2.85. The van der Waals surface area contributed by atoms with Crippen molar-refractivity contribution in [3.8, 4) is 0 Å². The summed E-state index contributed by atoms with van der Waals surface area (Å²) >= 11 is 0. The molecule has 0 aliphatic rings. The van der Waals surface area contributed by atoms with Crippen molar-refractivity contribution in [2.24, 2.45) is 0 Å². The summed E-state index contributed by atoms with van der Waals surface area (Å²) in [6.45, 7) is 0.502. The minimum Gasteiger partial charge on any atom is -0.461 e. The Bertz CT molecular complexity index is 967. The summed E-state index contributed by atoms with van der Waals surface area (Å²) in [5.41, 5.74) is 4.64. The summed E-state index contributed by atoms with van der Waals surface area (Å²) in [5.74, 6) is -0.545. The highest BCUT2D eigenvalue weighted by Crippen LogP contribution is 2.16. The van der Waals surface area contributed by atoms with Gasteiger partial charge in [0.2, 0.25) is 0 Å². The van der Waals surface area contributed by atoms with Gasteiger partial charge < -0.3 is 14.3 Å². The molecule has 0 aliphatic carbocycles. The van der Waals surface area contributed by atoms with Crippen LogP contribution >= 0.6 is 0 Å². The van der Waals surface area contributed by atoms with E-state index in [9.17, 15) is 14.4 Å². The highest BCUT2D eigenvalue weighted by atomic mass is 16.5. The van der Waals surface area contributed by atoms with Gasteiger partial charge in [0.15, 0.2) is 0 Å². The minimum absolute atomic E-state index is 0.246. The number of ether oxygens (including phenoxy) is 2. The Morgan fingerprint density at radius 3 is 1.45 bits per heavy atom. The van der Waals surface area contributed by atoms with Crippen LogP contribution in [-0.4, -0.2) is 18.2 Å². The van der Waals surface area contributed by atoms with Gasteiger partial charge >= 0.3 is 11.9 Å². The van der Waals surface area contributed by atoms with Crippen molar-refractivity contribution in [1.29, 1.82) is 0 Å². The molecule has 170 valence electrons. The van der Waals surface area contributed by atoms with Crippen molar-refractivity contribution in [1.82, 2.24) is 0 Å². The molecule has 0 bridgehead atoms. The van der Waals surface area contributed by atoms with Crippen LogP contribution in [0.1, 0.15) is 40.7 Å². The smallest absolute Gasteiger partial charge is 0.306 e. The fraction of sp³-hybridized carbons (Fsp3) is 0.250. The van der Waals surface area contributed by atoms with Gasteiger partial charge in [-0.15, -0.1) is 0 Å². The van der Waals surface area contributed by atoms with E-state index in [0.717, 1.165) is 34.1 Å². The molecule has 0 atom stereocenters. The zero-order valence-electron chi connectivity index (χ0n) is 18.6. The van der Waals surface area contributed by atoms with E-state index in [-0.39, 0.29) is 44.4 Å². The summed E-state index contributed by atoms with van der Waals surface area (Å²) in [6.07, 6.45) is 2.65. The molecule has 0 N–H and O–H groups in total. The predicted molar refractivity (Wildman–Crippen MR) is 125 cm³/mol. The van der Waals surface area contributed by atoms with Crippen molar-refractivity contribution < 1.29 is 23.9 Å². The third-order valence-electron chi connectivity index (χ3n) is 5.15. The maximum absolute atomic E-state index is 12.1. The normalized spacial score (nSPS) is 10.4.